The van der Waals surface area contributed by atoms with Crippen molar-refractivity contribution >= 4 is 38.9 Å². The van der Waals surface area contributed by atoms with Gasteiger partial charge in [-0.3, -0.25) is 4.90 Å². The second-order valence-electron chi connectivity index (χ2n) is 6.92. The Hall–Kier alpha value is -0.650. The van der Waals surface area contributed by atoms with Gasteiger partial charge in [-0.25, -0.2) is 0 Å². The van der Waals surface area contributed by atoms with Crippen LogP contribution in [0.3, 0.4) is 0 Å². The topological polar surface area (TPSA) is 27.3 Å². The van der Waals surface area contributed by atoms with Gasteiger partial charge in [0.25, 0.3) is 0 Å². The highest BCUT2D eigenvalue weighted by Gasteiger charge is 2.38. The number of nitrogens with zero attached hydrogens (tertiary/aromatic N) is 1. The van der Waals surface area contributed by atoms with Gasteiger partial charge in [-0.05, 0) is 84.0 Å². The van der Waals surface area contributed by atoms with E-state index in [-0.39, 0.29) is 0 Å². The fraction of sp³-hybridized carbons (Fsp3) is 0.611. The van der Waals surface area contributed by atoms with Gasteiger partial charge < -0.3 is 10.6 Å². The van der Waals surface area contributed by atoms with Crippen LogP contribution < -0.4 is 10.6 Å². The van der Waals surface area contributed by atoms with Crippen molar-refractivity contribution in [3.8, 4) is 0 Å². The van der Waals surface area contributed by atoms with Gasteiger partial charge in [-0.1, -0.05) is 19.4 Å². The second kappa shape index (κ2) is 7.49. The number of aryl methyl sites for hydroxylation is 1. The lowest BCUT2D eigenvalue weighted by Gasteiger charge is -2.50. The standard InChI is InChI=1S/C18H26BrN3S/c1-3-13-11-22-7-6-14(13)9-15(22)10-20-18(23)21-17-5-4-12(2)8-16(17)19/h4-5,8,13-15H,3,6-7,9-11H2,1-2H3,(H2,20,21,23)/t13-,14+,15-/m1/s1. The zero-order valence-corrected chi connectivity index (χ0v) is 16.3. The van der Waals surface area contributed by atoms with E-state index in [1.165, 1.54) is 37.9 Å². The highest BCUT2D eigenvalue weighted by Crippen LogP contribution is 2.37. The molecule has 0 aromatic heterocycles. The molecule has 4 rings (SSSR count). The van der Waals surface area contributed by atoms with Gasteiger partial charge in [0.05, 0.1) is 5.69 Å². The van der Waals surface area contributed by atoms with E-state index >= 15 is 0 Å². The molecule has 1 aromatic rings. The molecule has 0 spiro atoms. The SMILES string of the molecule is CC[C@@H]1CN2CC[C@H]1C[C@@H]2CNC(=S)Nc1ccc(C)cc1Br. The first-order valence-electron chi connectivity index (χ1n) is 8.62. The zero-order valence-electron chi connectivity index (χ0n) is 13.9. The normalized spacial score (nSPS) is 29.3. The van der Waals surface area contributed by atoms with Gasteiger partial charge in [-0.15, -0.1) is 0 Å². The van der Waals surface area contributed by atoms with Crippen molar-refractivity contribution < 1.29 is 0 Å². The minimum atomic E-state index is 0.637. The van der Waals surface area contributed by atoms with Crippen molar-refractivity contribution in [2.45, 2.75) is 39.2 Å². The average Bonchev–Trinajstić information content (AvgIpc) is 2.56. The third-order valence-corrected chi connectivity index (χ3v) is 6.31. The molecule has 2 N–H and O–H groups in total. The van der Waals surface area contributed by atoms with E-state index in [0.717, 1.165) is 28.5 Å². The highest BCUT2D eigenvalue weighted by atomic mass is 79.9. The summed E-state index contributed by atoms with van der Waals surface area (Å²) in [5, 5.41) is 7.43. The molecule has 0 aliphatic carbocycles. The molecule has 126 valence electrons. The van der Waals surface area contributed by atoms with E-state index in [4.69, 9.17) is 12.2 Å². The van der Waals surface area contributed by atoms with Crippen molar-refractivity contribution in [1.29, 1.82) is 0 Å². The summed E-state index contributed by atoms with van der Waals surface area (Å²) in [5.41, 5.74) is 2.25. The smallest absolute Gasteiger partial charge is 0.170 e. The molecule has 0 radical (unpaired) electrons. The minimum Gasteiger partial charge on any atom is -0.361 e. The van der Waals surface area contributed by atoms with Crippen LogP contribution in [0.1, 0.15) is 31.7 Å². The number of thiocarbonyl (C=S) groups is 1. The van der Waals surface area contributed by atoms with Crippen LogP contribution in [-0.4, -0.2) is 35.7 Å². The number of halogens is 1. The van der Waals surface area contributed by atoms with Gasteiger partial charge in [0, 0.05) is 23.6 Å². The van der Waals surface area contributed by atoms with Crippen molar-refractivity contribution in [3.63, 3.8) is 0 Å². The van der Waals surface area contributed by atoms with E-state index in [9.17, 15) is 0 Å². The Bertz CT molecular complexity index is 577. The zero-order chi connectivity index (χ0) is 16.4. The van der Waals surface area contributed by atoms with E-state index in [0.29, 0.717) is 11.2 Å². The summed E-state index contributed by atoms with van der Waals surface area (Å²) < 4.78 is 1.05. The molecule has 4 atom stereocenters. The molecular weight excluding hydrogens is 370 g/mol. The van der Waals surface area contributed by atoms with Crippen molar-refractivity contribution in [2.75, 3.05) is 25.0 Å². The Labute approximate surface area is 153 Å². The number of fused-ring (bicyclic) bond motifs is 3. The molecule has 3 heterocycles. The molecule has 1 unspecified atom stereocenters. The first kappa shape index (κ1) is 17.2. The summed E-state index contributed by atoms with van der Waals surface area (Å²) in [4.78, 5) is 2.66. The van der Waals surface area contributed by atoms with E-state index in [1.807, 2.05) is 0 Å². The predicted octanol–water partition coefficient (Wildman–Crippen LogP) is 4.16. The fourth-order valence-electron chi connectivity index (χ4n) is 4.02. The minimum absolute atomic E-state index is 0.637. The van der Waals surface area contributed by atoms with Crippen LogP contribution in [0.15, 0.2) is 22.7 Å². The summed E-state index contributed by atoms with van der Waals surface area (Å²) in [6, 6.07) is 6.89. The molecular formula is C18H26BrN3S. The number of benzene rings is 1. The second-order valence-corrected chi connectivity index (χ2v) is 8.18. The maximum absolute atomic E-state index is 5.47. The molecule has 3 nitrogen and oxygen atoms in total. The Morgan fingerprint density at radius 3 is 2.91 bits per heavy atom. The van der Waals surface area contributed by atoms with Crippen LogP contribution in [0, 0.1) is 18.8 Å². The number of piperidine rings is 3. The Balaban J connectivity index is 1.50. The molecule has 0 amide bonds. The largest absolute Gasteiger partial charge is 0.361 e. The van der Waals surface area contributed by atoms with Crippen molar-refractivity contribution in [1.82, 2.24) is 10.2 Å². The molecule has 0 saturated carbocycles. The summed E-state index contributed by atoms with van der Waals surface area (Å²) in [7, 11) is 0. The molecule has 2 bridgehead atoms. The predicted molar refractivity (Wildman–Crippen MR) is 105 cm³/mol. The number of hydrogen-bond acceptors (Lipinski definition) is 2. The number of nitrogens with one attached hydrogen (secondary N) is 2. The van der Waals surface area contributed by atoms with Crippen LogP contribution in [0.5, 0.6) is 0 Å². The Morgan fingerprint density at radius 2 is 2.26 bits per heavy atom. The van der Waals surface area contributed by atoms with Crippen LogP contribution in [0.4, 0.5) is 5.69 Å². The molecule has 23 heavy (non-hydrogen) atoms. The molecule has 3 saturated heterocycles. The third kappa shape index (κ3) is 4.06. The summed E-state index contributed by atoms with van der Waals surface area (Å²) in [6.07, 6.45) is 4.03. The lowest BCUT2D eigenvalue weighted by atomic mass is 9.74. The first-order chi connectivity index (χ1) is 11.1. The number of anilines is 1. The maximum Gasteiger partial charge on any atom is 0.170 e. The molecule has 3 aliphatic rings. The van der Waals surface area contributed by atoms with E-state index in [1.54, 1.807) is 0 Å². The lowest BCUT2D eigenvalue weighted by molar-refractivity contribution is 0.00212. The van der Waals surface area contributed by atoms with Crippen LogP contribution in [0.25, 0.3) is 0 Å². The van der Waals surface area contributed by atoms with Crippen molar-refractivity contribution in [2.24, 2.45) is 11.8 Å². The number of rotatable bonds is 4. The van der Waals surface area contributed by atoms with Gasteiger partial charge in [0.1, 0.15) is 0 Å². The molecule has 3 aliphatic heterocycles. The van der Waals surface area contributed by atoms with Gasteiger partial charge >= 0.3 is 0 Å². The van der Waals surface area contributed by atoms with Crippen LogP contribution >= 0.6 is 28.1 Å². The monoisotopic (exact) mass is 395 g/mol. The molecule has 1 aromatic carbocycles. The Morgan fingerprint density at radius 1 is 1.43 bits per heavy atom. The van der Waals surface area contributed by atoms with E-state index < -0.39 is 0 Å². The number of hydrogen-bond donors (Lipinski definition) is 2. The Kier molecular flexibility index (Phi) is 5.60. The van der Waals surface area contributed by atoms with Crippen LogP contribution in [-0.2, 0) is 0 Å². The fourth-order valence-corrected chi connectivity index (χ4v) is 4.81. The summed E-state index contributed by atoms with van der Waals surface area (Å²) in [6.45, 7) is 7.90. The van der Waals surface area contributed by atoms with Gasteiger partial charge in [0.2, 0.25) is 0 Å². The summed E-state index contributed by atoms with van der Waals surface area (Å²) in [5.74, 6) is 1.83. The summed E-state index contributed by atoms with van der Waals surface area (Å²) >= 11 is 9.05. The van der Waals surface area contributed by atoms with Crippen LogP contribution in [0.2, 0.25) is 0 Å². The van der Waals surface area contributed by atoms with Gasteiger partial charge in [-0.2, -0.15) is 0 Å². The third-order valence-electron chi connectivity index (χ3n) is 5.41. The lowest BCUT2D eigenvalue weighted by Crippen LogP contribution is -2.56. The molecule has 5 heteroatoms. The quantitative estimate of drug-likeness (QED) is 0.748. The van der Waals surface area contributed by atoms with Gasteiger partial charge in [0.15, 0.2) is 5.11 Å². The van der Waals surface area contributed by atoms with E-state index in [2.05, 4.69) is 63.5 Å². The first-order valence-corrected chi connectivity index (χ1v) is 9.82. The molecule has 3 fully saturated rings. The average molecular weight is 396 g/mol. The van der Waals surface area contributed by atoms with Crippen molar-refractivity contribution in [3.05, 3.63) is 28.2 Å². The maximum atomic E-state index is 5.47. The highest BCUT2D eigenvalue weighted by molar-refractivity contribution is 9.10.